The molecule has 2 heterocycles. The molecular formula is C18H26FIN4O2. The van der Waals surface area contributed by atoms with E-state index in [-0.39, 0.29) is 36.6 Å². The fourth-order valence-electron chi connectivity index (χ4n) is 3.63. The SMILES string of the molecule is CN=C(NCc1cc(F)cc2c1OCOC2)NC1CCN(C2CC2)C1.I. The Kier molecular flexibility index (Phi) is 6.57. The minimum absolute atomic E-state index is 0. The zero-order chi connectivity index (χ0) is 17.2. The molecule has 1 atom stereocenters. The van der Waals surface area contributed by atoms with E-state index in [0.717, 1.165) is 48.4 Å². The van der Waals surface area contributed by atoms with Gasteiger partial charge >= 0.3 is 0 Å². The quantitative estimate of drug-likeness (QED) is 0.397. The highest BCUT2D eigenvalue weighted by atomic mass is 127. The largest absolute Gasteiger partial charge is 0.467 e. The fraction of sp³-hybridized carbons (Fsp3) is 0.611. The first-order chi connectivity index (χ1) is 12.2. The summed E-state index contributed by atoms with van der Waals surface area (Å²) in [6.45, 7) is 3.27. The molecule has 0 radical (unpaired) electrons. The van der Waals surface area contributed by atoms with Crippen molar-refractivity contribution in [3.8, 4) is 5.75 Å². The number of hydrogen-bond acceptors (Lipinski definition) is 4. The Morgan fingerprint density at radius 1 is 1.35 bits per heavy atom. The average Bonchev–Trinajstić information content (AvgIpc) is 3.37. The molecule has 1 unspecified atom stereocenters. The standard InChI is InChI=1S/C18H25FN4O2.HI/c1-20-18(22-15-4-5-23(9-15)16-2-3-16)21-8-12-6-14(19)7-13-10-24-11-25-17(12)13;/h6-7,15-16H,2-5,8-11H2,1H3,(H2,20,21,22);1H. The van der Waals surface area contributed by atoms with Gasteiger partial charge in [0, 0.05) is 49.9 Å². The molecule has 1 saturated heterocycles. The van der Waals surface area contributed by atoms with E-state index in [9.17, 15) is 4.39 Å². The van der Waals surface area contributed by atoms with Crippen molar-refractivity contribution in [1.82, 2.24) is 15.5 Å². The van der Waals surface area contributed by atoms with Gasteiger partial charge in [-0.3, -0.25) is 9.89 Å². The van der Waals surface area contributed by atoms with Crippen LogP contribution >= 0.6 is 24.0 Å². The number of halogens is 2. The van der Waals surface area contributed by atoms with E-state index in [1.165, 1.54) is 25.0 Å². The third-order valence-corrected chi connectivity index (χ3v) is 5.05. The van der Waals surface area contributed by atoms with Crippen LogP contribution in [-0.2, 0) is 17.9 Å². The van der Waals surface area contributed by atoms with E-state index in [2.05, 4.69) is 20.5 Å². The summed E-state index contributed by atoms with van der Waals surface area (Å²) >= 11 is 0. The van der Waals surface area contributed by atoms with E-state index in [1.807, 2.05) is 0 Å². The van der Waals surface area contributed by atoms with Gasteiger partial charge in [0.1, 0.15) is 11.6 Å². The van der Waals surface area contributed by atoms with Gasteiger partial charge in [0.2, 0.25) is 0 Å². The molecule has 0 spiro atoms. The number of rotatable bonds is 4. The van der Waals surface area contributed by atoms with Gasteiger partial charge in [0.25, 0.3) is 0 Å². The van der Waals surface area contributed by atoms with Gasteiger partial charge in [-0.2, -0.15) is 0 Å². The van der Waals surface area contributed by atoms with Gasteiger partial charge in [-0.25, -0.2) is 4.39 Å². The number of nitrogens with zero attached hydrogens (tertiary/aromatic N) is 2. The van der Waals surface area contributed by atoms with Crippen molar-refractivity contribution in [2.75, 3.05) is 26.9 Å². The first kappa shape index (κ1) is 19.6. The fourth-order valence-corrected chi connectivity index (χ4v) is 3.63. The highest BCUT2D eigenvalue weighted by molar-refractivity contribution is 14.0. The number of fused-ring (bicyclic) bond motifs is 1. The Hall–Kier alpha value is -1.13. The Morgan fingerprint density at radius 2 is 2.19 bits per heavy atom. The zero-order valence-electron chi connectivity index (χ0n) is 15.0. The van der Waals surface area contributed by atoms with E-state index in [4.69, 9.17) is 9.47 Å². The Bertz CT molecular complexity index is 669. The summed E-state index contributed by atoms with van der Waals surface area (Å²) in [7, 11) is 1.76. The first-order valence-electron chi connectivity index (χ1n) is 8.96. The molecule has 2 N–H and O–H groups in total. The Labute approximate surface area is 170 Å². The lowest BCUT2D eigenvalue weighted by molar-refractivity contribution is -0.0172. The number of hydrogen-bond donors (Lipinski definition) is 2. The van der Waals surface area contributed by atoms with Crippen molar-refractivity contribution < 1.29 is 13.9 Å². The van der Waals surface area contributed by atoms with Crippen molar-refractivity contribution in [3.05, 3.63) is 29.1 Å². The number of aliphatic imine (C=N–C) groups is 1. The van der Waals surface area contributed by atoms with Crippen molar-refractivity contribution in [2.24, 2.45) is 4.99 Å². The predicted octanol–water partition coefficient (Wildman–Crippen LogP) is 2.21. The first-order valence-corrected chi connectivity index (χ1v) is 8.96. The van der Waals surface area contributed by atoms with Crippen LogP contribution in [0, 0.1) is 5.82 Å². The van der Waals surface area contributed by atoms with Gasteiger partial charge in [-0.15, -0.1) is 24.0 Å². The molecule has 2 aliphatic heterocycles. The van der Waals surface area contributed by atoms with Crippen LogP contribution < -0.4 is 15.4 Å². The van der Waals surface area contributed by atoms with Crippen LogP contribution in [-0.4, -0.2) is 49.9 Å². The molecule has 3 aliphatic rings. The molecule has 1 aliphatic carbocycles. The normalized spacial score (nSPS) is 23.0. The molecule has 0 aromatic heterocycles. The number of guanidine groups is 1. The summed E-state index contributed by atoms with van der Waals surface area (Å²) in [5.41, 5.74) is 1.54. The number of nitrogens with one attached hydrogen (secondary N) is 2. The maximum atomic E-state index is 13.8. The van der Waals surface area contributed by atoms with Crippen LogP contribution in [0.4, 0.5) is 4.39 Å². The van der Waals surface area contributed by atoms with Gasteiger partial charge < -0.3 is 20.1 Å². The highest BCUT2D eigenvalue weighted by Crippen LogP contribution is 2.30. The number of ether oxygens (including phenoxy) is 2. The minimum Gasteiger partial charge on any atom is -0.467 e. The third kappa shape index (κ3) is 4.58. The summed E-state index contributed by atoms with van der Waals surface area (Å²) in [6.07, 6.45) is 3.81. The van der Waals surface area contributed by atoms with E-state index in [0.29, 0.717) is 19.2 Å². The zero-order valence-corrected chi connectivity index (χ0v) is 17.3. The molecular weight excluding hydrogens is 450 g/mol. The molecule has 4 rings (SSSR count). The molecule has 1 aromatic rings. The molecule has 1 saturated carbocycles. The summed E-state index contributed by atoms with van der Waals surface area (Å²) in [5.74, 6) is 1.19. The summed E-state index contributed by atoms with van der Waals surface area (Å²) in [5, 5.41) is 6.76. The molecule has 144 valence electrons. The molecule has 1 aromatic carbocycles. The number of likely N-dealkylation sites (tertiary alicyclic amines) is 1. The summed E-state index contributed by atoms with van der Waals surface area (Å²) < 4.78 is 24.6. The van der Waals surface area contributed by atoms with E-state index < -0.39 is 0 Å². The minimum atomic E-state index is -0.275. The third-order valence-electron chi connectivity index (χ3n) is 5.05. The smallest absolute Gasteiger partial charge is 0.191 e. The van der Waals surface area contributed by atoms with Crippen LogP contribution in [0.5, 0.6) is 5.75 Å². The van der Waals surface area contributed by atoms with Crippen molar-refractivity contribution in [3.63, 3.8) is 0 Å². The van der Waals surface area contributed by atoms with Gasteiger partial charge in [0.15, 0.2) is 12.8 Å². The second kappa shape index (κ2) is 8.71. The molecule has 0 amide bonds. The molecule has 8 heteroatoms. The van der Waals surface area contributed by atoms with Crippen molar-refractivity contribution in [2.45, 2.75) is 44.5 Å². The van der Waals surface area contributed by atoms with Crippen LogP contribution in [0.3, 0.4) is 0 Å². The maximum Gasteiger partial charge on any atom is 0.191 e. The van der Waals surface area contributed by atoms with Crippen LogP contribution in [0.15, 0.2) is 17.1 Å². The summed E-state index contributed by atoms with van der Waals surface area (Å²) in [6, 6.07) is 4.20. The van der Waals surface area contributed by atoms with Gasteiger partial charge in [0.05, 0.1) is 6.61 Å². The van der Waals surface area contributed by atoms with E-state index >= 15 is 0 Å². The monoisotopic (exact) mass is 476 g/mol. The van der Waals surface area contributed by atoms with Crippen LogP contribution in [0.2, 0.25) is 0 Å². The molecule has 6 nitrogen and oxygen atoms in total. The van der Waals surface area contributed by atoms with Gasteiger partial charge in [-0.1, -0.05) is 0 Å². The van der Waals surface area contributed by atoms with Crippen molar-refractivity contribution in [1.29, 1.82) is 0 Å². The predicted molar refractivity (Wildman–Crippen MR) is 108 cm³/mol. The summed E-state index contributed by atoms with van der Waals surface area (Å²) in [4.78, 5) is 6.86. The van der Waals surface area contributed by atoms with Crippen molar-refractivity contribution >= 4 is 29.9 Å². The van der Waals surface area contributed by atoms with E-state index in [1.54, 1.807) is 7.05 Å². The topological polar surface area (TPSA) is 58.1 Å². The maximum absolute atomic E-state index is 13.8. The van der Waals surface area contributed by atoms with Crippen LogP contribution in [0.25, 0.3) is 0 Å². The second-order valence-electron chi connectivity index (χ2n) is 6.95. The Balaban J connectivity index is 0.00000196. The average molecular weight is 476 g/mol. The molecule has 26 heavy (non-hydrogen) atoms. The molecule has 2 fully saturated rings. The number of benzene rings is 1. The lowest BCUT2D eigenvalue weighted by Crippen LogP contribution is -2.44. The highest BCUT2D eigenvalue weighted by Gasteiger charge is 2.34. The lowest BCUT2D eigenvalue weighted by atomic mass is 10.1. The Morgan fingerprint density at radius 3 is 2.96 bits per heavy atom. The van der Waals surface area contributed by atoms with Crippen LogP contribution in [0.1, 0.15) is 30.4 Å². The van der Waals surface area contributed by atoms with Gasteiger partial charge in [-0.05, 0) is 31.4 Å². The lowest BCUT2D eigenvalue weighted by Gasteiger charge is -2.22. The second-order valence-corrected chi connectivity index (χ2v) is 6.95. The molecule has 0 bridgehead atoms.